The second kappa shape index (κ2) is 6.33. The molecule has 17 heavy (non-hydrogen) atoms. The lowest BCUT2D eigenvalue weighted by molar-refractivity contribution is -0.116. The van der Waals surface area contributed by atoms with Crippen LogP contribution in [0.25, 0.3) is 0 Å². The number of carbonyl (C=O) groups is 1. The molecule has 92 valence electrons. The van der Waals surface area contributed by atoms with E-state index in [1.165, 1.54) is 16.7 Å². The van der Waals surface area contributed by atoms with Crippen LogP contribution in [0.15, 0.2) is 29.2 Å². The molecule has 1 aliphatic heterocycles. The Morgan fingerprint density at radius 2 is 2.29 bits per heavy atom. The SMILES string of the molecule is O=C(CSCCO)N1CCSc2ccccc21. The fraction of sp³-hybridized carbons (Fsp3) is 0.417. The molecule has 0 radical (unpaired) electrons. The molecule has 0 aromatic heterocycles. The first-order chi connectivity index (χ1) is 8.33. The summed E-state index contributed by atoms with van der Waals surface area (Å²) in [5.74, 6) is 2.15. The van der Waals surface area contributed by atoms with Gasteiger partial charge in [-0.2, -0.15) is 0 Å². The molecule has 0 saturated heterocycles. The Kier molecular flexibility index (Phi) is 4.76. The van der Waals surface area contributed by atoms with Crippen molar-refractivity contribution >= 4 is 35.1 Å². The normalized spacial score (nSPS) is 14.5. The number of aliphatic hydroxyl groups is 1. The highest BCUT2D eigenvalue weighted by atomic mass is 32.2. The second-order valence-electron chi connectivity index (χ2n) is 3.64. The molecule has 3 nitrogen and oxygen atoms in total. The van der Waals surface area contributed by atoms with Crippen LogP contribution >= 0.6 is 23.5 Å². The first-order valence-electron chi connectivity index (χ1n) is 5.53. The highest BCUT2D eigenvalue weighted by Crippen LogP contribution is 2.34. The summed E-state index contributed by atoms with van der Waals surface area (Å²) in [5, 5.41) is 8.70. The summed E-state index contributed by atoms with van der Waals surface area (Å²) < 4.78 is 0. The zero-order valence-corrected chi connectivity index (χ0v) is 11.1. The Hall–Kier alpha value is -0.650. The number of nitrogens with zero attached hydrogens (tertiary/aromatic N) is 1. The van der Waals surface area contributed by atoms with Crippen LogP contribution < -0.4 is 4.90 Å². The second-order valence-corrected chi connectivity index (χ2v) is 5.88. The van der Waals surface area contributed by atoms with Crippen molar-refractivity contribution in [2.45, 2.75) is 4.90 Å². The molecule has 1 heterocycles. The Balaban J connectivity index is 2.05. The summed E-state index contributed by atoms with van der Waals surface area (Å²) in [6.45, 7) is 0.907. The zero-order valence-electron chi connectivity index (χ0n) is 9.46. The fourth-order valence-electron chi connectivity index (χ4n) is 1.73. The molecule has 0 bridgehead atoms. The van der Waals surface area contributed by atoms with E-state index in [2.05, 4.69) is 6.07 Å². The summed E-state index contributed by atoms with van der Waals surface area (Å²) in [6, 6.07) is 8.02. The van der Waals surface area contributed by atoms with E-state index < -0.39 is 0 Å². The molecular formula is C12H15NO2S2. The maximum absolute atomic E-state index is 12.0. The number of fused-ring (bicyclic) bond motifs is 1. The van der Waals surface area contributed by atoms with E-state index in [4.69, 9.17) is 5.11 Å². The van der Waals surface area contributed by atoms with Crippen molar-refractivity contribution < 1.29 is 9.90 Å². The van der Waals surface area contributed by atoms with Crippen LogP contribution in [0.5, 0.6) is 0 Å². The van der Waals surface area contributed by atoms with Crippen molar-refractivity contribution in [1.82, 2.24) is 0 Å². The molecule has 0 unspecified atom stereocenters. The molecule has 0 spiro atoms. The van der Waals surface area contributed by atoms with Gasteiger partial charge >= 0.3 is 0 Å². The van der Waals surface area contributed by atoms with Gasteiger partial charge in [0.05, 0.1) is 18.0 Å². The van der Waals surface area contributed by atoms with Crippen LogP contribution in [0.4, 0.5) is 5.69 Å². The monoisotopic (exact) mass is 269 g/mol. The van der Waals surface area contributed by atoms with Gasteiger partial charge in [0.2, 0.25) is 5.91 Å². The molecule has 5 heteroatoms. The Bertz CT molecular complexity index is 398. The molecule has 1 amide bonds. The number of thioether (sulfide) groups is 2. The number of amides is 1. The van der Waals surface area contributed by atoms with Gasteiger partial charge in [0.1, 0.15) is 0 Å². The molecule has 0 saturated carbocycles. The first kappa shape index (κ1) is 12.8. The predicted octanol–water partition coefficient (Wildman–Crippen LogP) is 1.85. The average molecular weight is 269 g/mol. The number of para-hydroxylation sites is 1. The van der Waals surface area contributed by atoms with Crippen molar-refractivity contribution in [2.24, 2.45) is 0 Å². The third-order valence-electron chi connectivity index (χ3n) is 2.49. The molecule has 1 aromatic carbocycles. The van der Waals surface area contributed by atoms with Gasteiger partial charge in [-0.1, -0.05) is 12.1 Å². The van der Waals surface area contributed by atoms with Crippen molar-refractivity contribution in [2.75, 3.05) is 35.3 Å². The van der Waals surface area contributed by atoms with Gasteiger partial charge in [-0.05, 0) is 12.1 Å². The van der Waals surface area contributed by atoms with Crippen molar-refractivity contribution in [1.29, 1.82) is 0 Å². The average Bonchev–Trinajstić information content (AvgIpc) is 2.38. The van der Waals surface area contributed by atoms with E-state index in [0.717, 1.165) is 18.0 Å². The number of hydrogen-bond donors (Lipinski definition) is 1. The standard InChI is InChI=1S/C12H15NO2S2/c14-6-8-16-9-12(15)13-5-7-17-11-4-2-1-3-10(11)13/h1-4,14H,5-9H2. The van der Waals surface area contributed by atoms with Crippen LogP contribution in [0.2, 0.25) is 0 Å². The number of benzene rings is 1. The lowest BCUT2D eigenvalue weighted by Crippen LogP contribution is -2.36. The molecule has 1 aliphatic rings. The summed E-state index contributed by atoms with van der Waals surface area (Å²) in [6.07, 6.45) is 0. The summed E-state index contributed by atoms with van der Waals surface area (Å²) >= 11 is 3.28. The Labute approximate surface area is 110 Å². The van der Waals surface area contributed by atoms with Crippen LogP contribution in [-0.2, 0) is 4.79 Å². The first-order valence-corrected chi connectivity index (χ1v) is 7.68. The number of carbonyl (C=O) groups excluding carboxylic acids is 1. The number of aliphatic hydroxyl groups excluding tert-OH is 1. The maximum atomic E-state index is 12.0. The lowest BCUT2D eigenvalue weighted by Gasteiger charge is -2.28. The topological polar surface area (TPSA) is 40.5 Å². The molecule has 1 aromatic rings. The predicted molar refractivity (Wildman–Crippen MR) is 73.9 cm³/mol. The lowest BCUT2D eigenvalue weighted by atomic mass is 10.3. The minimum atomic E-state index is 0.129. The molecule has 0 atom stereocenters. The van der Waals surface area contributed by atoms with Gasteiger partial charge in [0.15, 0.2) is 0 Å². The maximum Gasteiger partial charge on any atom is 0.237 e. The van der Waals surface area contributed by atoms with E-state index in [0.29, 0.717) is 11.5 Å². The third kappa shape index (κ3) is 3.18. The number of rotatable bonds is 4. The van der Waals surface area contributed by atoms with Crippen molar-refractivity contribution in [3.8, 4) is 0 Å². The Morgan fingerprint density at radius 1 is 1.47 bits per heavy atom. The van der Waals surface area contributed by atoms with E-state index in [9.17, 15) is 4.79 Å². The van der Waals surface area contributed by atoms with Gasteiger partial charge in [-0.15, -0.1) is 23.5 Å². The zero-order chi connectivity index (χ0) is 12.1. The number of hydrogen-bond acceptors (Lipinski definition) is 4. The van der Waals surface area contributed by atoms with Crippen molar-refractivity contribution in [3.63, 3.8) is 0 Å². The largest absolute Gasteiger partial charge is 0.396 e. The van der Waals surface area contributed by atoms with E-state index in [-0.39, 0.29) is 12.5 Å². The van der Waals surface area contributed by atoms with Crippen LogP contribution in [0.3, 0.4) is 0 Å². The summed E-state index contributed by atoms with van der Waals surface area (Å²) in [7, 11) is 0. The minimum absolute atomic E-state index is 0.129. The third-order valence-corrected chi connectivity index (χ3v) is 4.46. The van der Waals surface area contributed by atoms with Crippen molar-refractivity contribution in [3.05, 3.63) is 24.3 Å². The molecule has 2 rings (SSSR count). The molecule has 0 aliphatic carbocycles. The molecule has 0 fully saturated rings. The highest BCUT2D eigenvalue weighted by Gasteiger charge is 2.21. The van der Waals surface area contributed by atoms with Gasteiger partial charge < -0.3 is 10.0 Å². The smallest absolute Gasteiger partial charge is 0.237 e. The van der Waals surface area contributed by atoms with E-state index in [1.807, 2.05) is 23.1 Å². The van der Waals surface area contributed by atoms with Gasteiger partial charge in [-0.25, -0.2) is 0 Å². The van der Waals surface area contributed by atoms with E-state index in [1.54, 1.807) is 11.8 Å². The fourth-order valence-corrected chi connectivity index (χ4v) is 3.33. The van der Waals surface area contributed by atoms with Gasteiger partial charge in [-0.3, -0.25) is 4.79 Å². The van der Waals surface area contributed by atoms with E-state index >= 15 is 0 Å². The van der Waals surface area contributed by atoms with Crippen LogP contribution in [-0.4, -0.2) is 41.4 Å². The molecular weight excluding hydrogens is 254 g/mol. The highest BCUT2D eigenvalue weighted by molar-refractivity contribution is 8.00. The van der Waals surface area contributed by atoms with Gasteiger partial charge in [0.25, 0.3) is 0 Å². The Morgan fingerprint density at radius 3 is 3.12 bits per heavy atom. The van der Waals surface area contributed by atoms with Crippen LogP contribution in [0.1, 0.15) is 0 Å². The summed E-state index contributed by atoms with van der Waals surface area (Å²) in [4.78, 5) is 15.1. The summed E-state index contributed by atoms with van der Waals surface area (Å²) in [5.41, 5.74) is 1.03. The quantitative estimate of drug-likeness (QED) is 0.847. The van der Waals surface area contributed by atoms with Gasteiger partial charge in [0, 0.05) is 22.9 Å². The molecule has 1 N–H and O–H groups in total. The van der Waals surface area contributed by atoms with Crippen LogP contribution in [0, 0.1) is 0 Å². The number of anilines is 1. The minimum Gasteiger partial charge on any atom is -0.396 e.